The molecule has 1 fully saturated rings. The number of hydrogen-bond acceptors (Lipinski definition) is 3. The van der Waals surface area contributed by atoms with Crippen LogP contribution < -0.4 is 0 Å². The molecule has 1 atom stereocenters. The molecule has 1 unspecified atom stereocenters. The lowest BCUT2D eigenvalue weighted by Crippen LogP contribution is -2.45. The van der Waals surface area contributed by atoms with Crippen LogP contribution in [0.4, 0.5) is 0 Å². The van der Waals surface area contributed by atoms with E-state index in [9.17, 15) is 5.11 Å². The van der Waals surface area contributed by atoms with Crippen LogP contribution in [0.15, 0.2) is 21.2 Å². The summed E-state index contributed by atoms with van der Waals surface area (Å²) >= 11 is 3.33. The van der Waals surface area contributed by atoms with Crippen molar-refractivity contribution in [1.29, 1.82) is 0 Å². The molecule has 14 heavy (non-hydrogen) atoms. The van der Waals surface area contributed by atoms with Gasteiger partial charge in [0.15, 0.2) is 0 Å². The first-order valence-electron chi connectivity index (χ1n) is 4.66. The van der Waals surface area contributed by atoms with Gasteiger partial charge in [-0.1, -0.05) is 0 Å². The largest absolute Gasteiger partial charge is 0.465 e. The Balaban J connectivity index is 2.22. The first-order valence-corrected chi connectivity index (χ1v) is 5.45. The monoisotopic (exact) mass is 260 g/mol. The third-order valence-corrected chi connectivity index (χ3v) is 3.65. The predicted octanol–water partition coefficient (Wildman–Crippen LogP) is 2.64. The van der Waals surface area contributed by atoms with Crippen molar-refractivity contribution in [3.05, 3.63) is 22.6 Å². The highest BCUT2D eigenvalue weighted by Gasteiger charge is 2.46. The van der Waals surface area contributed by atoms with E-state index < -0.39 is 11.7 Å². The smallest absolute Gasteiger partial charge is 0.149 e. The van der Waals surface area contributed by atoms with Crippen LogP contribution in [0.1, 0.15) is 31.1 Å². The van der Waals surface area contributed by atoms with E-state index in [1.54, 1.807) is 19.4 Å². The first kappa shape index (κ1) is 10.2. The van der Waals surface area contributed by atoms with E-state index in [-0.39, 0.29) is 0 Å². The highest BCUT2D eigenvalue weighted by Crippen LogP contribution is 2.46. The summed E-state index contributed by atoms with van der Waals surface area (Å²) < 4.78 is 11.4. The van der Waals surface area contributed by atoms with Gasteiger partial charge in [-0.15, -0.1) is 0 Å². The summed E-state index contributed by atoms with van der Waals surface area (Å²) in [4.78, 5) is 0. The summed E-state index contributed by atoms with van der Waals surface area (Å²) in [6.45, 7) is 0. The van der Waals surface area contributed by atoms with Crippen molar-refractivity contribution in [2.24, 2.45) is 0 Å². The predicted molar refractivity (Wildman–Crippen MR) is 55.0 cm³/mol. The Hall–Kier alpha value is -0.320. The van der Waals surface area contributed by atoms with Crippen LogP contribution in [0.5, 0.6) is 0 Å². The topological polar surface area (TPSA) is 42.6 Å². The minimum absolute atomic E-state index is 0.430. The van der Waals surface area contributed by atoms with Crippen molar-refractivity contribution in [3.63, 3.8) is 0 Å². The Bertz CT molecular complexity index is 311. The van der Waals surface area contributed by atoms with Crippen LogP contribution in [-0.4, -0.2) is 17.8 Å². The average Bonchev–Trinajstić information content (AvgIpc) is 2.50. The van der Waals surface area contributed by atoms with E-state index in [1.807, 2.05) is 0 Å². The SMILES string of the molecule is COC1(C(O)c2occc2Br)CCC1. The number of halogens is 1. The Morgan fingerprint density at radius 3 is 2.71 bits per heavy atom. The molecule has 0 spiro atoms. The summed E-state index contributed by atoms with van der Waals surface area (Å²) in [5.74, 6) is 0.562. The number of aliphatic hydroxyl groups is 1. The highest BCUT2D eigenvalue weighted by molar-refractivity contribution is 9.10. The summed E-state index contributed by atoms with van der Waals surface area (Å²) in [7, 11) is 1.64. The van der Waals surface area contributed by atoms with Gasteiger partial charge in [0.1, 0.15) is 17.5 Å². The summed E-state index contributed by atoms with van der Waals surface area (Å²) in [6, 6.07) is 1.78. The first-order chi connectivity index (χ1) is 6.69. The van der Waals surface area contributed by atoms with Gasteiger partial charge in [-0.2, -0.15) is 0 Å². The number of methoxy groups -OCH3 is 1. The molecule has 0 bridgehead atoms. The minimum atomic E-state index is -0.675. The molecule has 0 aromatic carbocycles. The normalized spacial score (nSPS) is 21.6. The maximum absolute atomic E-state index is 10.1. The zero-order valence-corrected chi connectivity index (χ0v) is 9.58. The molecule has 1 aromatic rings. The zero-order chi connectivity index (χ0) is 10.2. The molecule has 3 nitrogen and oxygen atoms in total. The van der Waals surface area contributed by atoms with Crippen LogP contribution in [-0.2, 0) is 4.74 Å². The van der Waals surface area contributed by atoms with E-state index in [4.69, 9.17) is 9.15 Å². The third kappa shape index (κ3) is 1.42. The Morgan fingerprint density at radius 1 is 1.64 bits per heavy atom. The molecular formula is C10H13BrO3. The summed E-state index contributed by atoms with van der Waals surface area (Å²) in [5.41, 5.74) is -0.430. The van der Waals surface area contributed by atoms with Gasteiger partial charge in [-0.25, -0.2) is 0 Å². The van der Waals surface area contributed by atoms with Crippen molar-refractivity contribution < 1.29 is 14.3 Å². The molecule has 4 heteroatoms. The van der Waals surface area contributed by atoms with Crippen LogP contribution in [0.2, 0.25) is 0 Å². The maximum Gasteiger partial charge on any atom is 0.149 e. The van der Waals surface area contributed by atoms with Gasteiger partial charge in [-0.3, -0.25) is 0 Å². The second-order valence-corrected chi connectivity index (χ2v) is 4.51. The number of hydrogen-bond donors (Lipinski definition) is 1. The quantitative estimate of drug-likeness (QED) is 0.909. The Labute approximate surface area is 91.2 Å². The van der Waals surface area contributed by atoms with E-state index in [2.05, 4.69) is 15.9 Å². The second kappa shape index (κ2) is 3.68. The van der Waals surface area contributed by atoms with E-state index in [0.717, 1.165) is 23.7 Å². The Morgan fingerprint density at radius 2 is 2.36 bits per heavy atom. The van der Waals surface area contributed by atoms with Crippen molar-refractivity contribution in [3.8, 4) is 0 Å². The fourth-order valence-corrected chi connectivity index (χ4v) is 2.27. The summed E-state index contributed by atoms with van der Waals surface area (Å²) in [6.07, 6.45) is 3.76. The summed E-state index contributed by atoms with van der Waals surface area (Å²) in [5, 5.41) is 10.1. The maximum atomic E-state index is 10.1. The number of furan rings is 1. The molecule has 1 aliphatic rings. The lowest BCUT2D eigenvalue weighted by Gasteiger charge is -2.43. The fraction of sp³-hybridized carbons (Fsp3) is 0.600. The van der Waals surface area contributed by atoms with Crippen LogP contribution in [0.25, 0.3) is 0 Å². The molecule has 0 amide bonds. The van der Waals surface area contributed by atoms with Crippen LogP contribution in [0, 0.1) is 0 Å². The molecule has 1 aliphatic carbocycles. The van der Waals surface area contributed by atoms with Crippen molar-refractivity contribution in [2.75, 3.05) is 7.11 Å². The van der Waals surface area contributed by atoms with Gasteiger partial charge in [0, 0.05) is 7.11 Å². The molecule has 1 aromatic heterocycles. The van der Waals surface area contributed by atoms with Gasteiger partial charge in [0.25, 0.3) is 0 Å². The molecule has 1 heterocycles. The van der Waals surface area contributed by atoms with Gasteiger partial charge in [-0.05, 0) is 41.3 Å². The van der Waals surface area contributed by atoms with Crippen LogP contribution in [0.3, 0.4) is 0 Å². The van der Waals surface area contributed by atoms with Gasteiger partial charge in [0.05, 0.1) is 10.7 Å². The molecule has 0 radical (unpaired) electrons. The third-order valence-electron chi connectivity index (χ3n) is 3.00. The molecule has 1 saturated carbocycles. The number of ether oxygens (including phenoxy) is 1. The van der Waals surface area contributed by atoms with Gasteiger partial charge in [0.2, 0.25) is 0 Å². The van der Waals surface area contributed by atoms with Crippen molar-refractivity contribution >= 4 is 15.9 Å². The molecule has 78 valence electrons. The minimum Gasteiger partial charge on any atom is -0.465 e. The molecule has 2 rings (SSSR count). The second-order valence-electron chi connectivity index (χ2n) is 3.66. The fourth-order valence-electron chi connectivity index (χ4n) is 1.85. The van der Waals surface area contributed by atoms with Crippen molar-refractivity contribution in [2.45, 2.75) is 31.0 Å². The van der Waals surface area contributed by atoms with E-state index in [1.165, 1.54) is 0 Å². The molecule has 0 saturated heterocycles. The molecule has 0 aliphatic heterocycles. The zero-order valence-electron chi connectivity index (χ0n) is 8.00. The number of rotatable bonds is 3. The van der Waals surface area contributed by atoms with Crippen LogP contribution >= 0.6 is 15.9 Å². The van der Waals surface area contributed by atoms with Gasteiger partial charge < -0.3 is 14.3 Å². The van der Waals surface area contributed by atoms with E-state index >= 15 is 0 Å². The molecule has 1 N–H and O–H groups in total. The number of aliphatic hydroxyl groups excluding tert-OH is 1. The standard InChI is InChI=1S/C10H13BrO3/c1-13-10(4-2-5-10)9(12)8-7(11)3-6-14-8/h3,6,9,12H,2,4-5H2,1H3. The average molecular weight is 261 g/mol. The highest BCUT2D eigenvalue weighted by atomic mass is 79.9. The van der Waals surface area contributed by atoms with Crippen molar-refractivity contribution in [1.82, 2.24) is 0 Å². The Kier molecular flexibility index (Phi) is 2.68. The lowest BCUT2D eigenvalue weighted by atomic mass is 9.75. The lowest BCUT2D eigenvalue weighted by molar-refractivity contribution is -0.157. The molecular weight excluding hydrogens is 248 g/mol. The van der Waals surface area contributed by atoms with Gasteiger partial charge >= 0.3 is 0 Å². The van der Waals surface area contributed by atoms with E-state index in [0.29, 0.717) is 5.76 Å².